The first kappa shape index (κ1) is 28.5. The average Bonchev–Trinajstić information content (AvgIpc) is 3.50. The average molecular weight is 581 g/mol. The molecule has 0 radical (unpaired) electrons. The van der Waals surface area contributed by atoms with Crippen molar-refractivity contribution in [3.05, 3.63) is 87.6 Å². The highest BCUT2D eigenvalue weighted by molar-refractivity contribution is 7.98. The molecule has 0 aliphatic heterocycles. The number of H-pyrrole nitrogens is 1. The van der Waals surface area contributed by atoms with E-state index in [-0.39, 0.29) is 11.5 Å². The molecule has 14 heteroatoms. The number of aromatic amines is 1. The van der Waals surface area contributed by atoms with Gasteiger partial charge in [-0.25, -0.2) is 9.89 Å². The van der Waals surface area contributed by atoms with Crippen LogP contribution in [0, 0.1) is 0 Å². The number of hydrogen-bond donors (Lipinski definition) is 3. The van der Waals surface area contributed by atoms with Gasteiger partial charge in [0.2, 0.25) is 5.91 Å². The Morgan fingerprint density at radius 1 is 1.20 bits per heavy atom. The number of anilines is 1. The van der Waals surface area contributed by atoms with Gasteiger partial charge in [-0.1, -0.05) is 23.7 Å². The number of amides is 2. The summed E-state index contributed by atoms with van der Waals surface area (Å²) in [5.41, 5.74) is 2.91. The number of carbonyl (C=O) groups is 2. The number of tetrazole rings is 1. The zero-order chi connectivity index (χ0) is 28.5. The minimum Gasteiger partial charge on any atom is -0.453 e. The summed E-state index contributed by atoms with van der Waals surface area (Å²) in [4.78, 5) is 37.1. The lowest BCUT2D eigenvalue weighted by atomic mass is 10.0. The van der Waals surface area contributed by atoms with E-state index < -0.39 is 12.1 Å². The lowest BCUT2D eigenvalue weighted by Crippen LogP contribution is -2.29. The third kappa shape index (κ3) is 7.33. The van der Waals surface area contributed by atoms with E-state index in [9.17, 15) is 14.4 Å². The van der Waals surface area contributed by atoms with Crippen molar-refractivity contribution in [2.24, 2.45) is 0 Å². The van der Waals surface area contributed by atoms with Crippen LogP contribution >= 0.6 is 23.4 Å². The van der Waals surface area contributed by atoms with Crippen LogP contribution in [-0.4, -0.2) is 61.5 Å². The molecule has 4 aromatic rings. The third-order valence-corrected chi connectivity index (χ3v) is 6.61. The summed E-state index contributed by atoms with van der Waals surface area (Å²) in [6, 6.07) is 13.1. The van der Waals surface area contributed by atoms with Crippen molar-refractivity contribution in [3.63, 3.8) is 0 Å². The Labute approximate surface area is 238 Å². The number of ether oxygens (including phenoxy) is 1. The predicted molar refractivity (Wildman–Crippen MR) is 153 cm³/mol. The summed E-state index contributed by atoms with van der Waals surface area (Å²) in [6.45, 7) is 0. The maximum atomic E-state index is 13.0. The fourth-order valence-electron chi connectivity index (χ4n) is 3.77. The third-order valence-electron chi connectivity index (χ3n) is 5.73. The van der Waals surface area contributed by atoms with Gasteiger partial charge in [0.25, 0.3) is 5.56 Å². The van der Waals surface area contributed by atoms with Gasteiger partial charge in [0.15, 0.2) is 0 Å². The van der Waals surface area contributed by atoms with Crippen molar-refractivity contribution in [2.75, 3.05) is 24.4 Å². The van der Waals surface area contributed by atoms with E-state index in [1.807, 2.05) is 6.26 Å². The Hall–Kier alpha value is -4.49. The van der Waals surface area contributed by atoms with Crippen LogP contribution in [0.3, 0.4) is 0 Å². The number of thioether (sulfide) groups is 1. The van der Waals surface area contributed by atoms with E-state index in [1.165, 1.54) is 24.2 Å². The molecule has 0 aliphatic rings. The van der Waals surface area contributed by atoms with Gasteiger partial charge in [0, 0.05) is 22.3 Å². The minimum atomic E-state index is -0.597. The van der Waals surface area contributed by atoms with Gasteiger partial charge in [-0.2, -0.15) is 21.5 Å². The number of methoxy groups -OCH3 is 1. The molecule has 0 saturated carbocycles. The van der Waals surface area contributed by atoms with E-state index in [0.717, 1.165) is 5.75 Å². The van der Waals surface area contributed by atoms with Gasteiger partial charge >= 0.3 is 6.09 Å². The van der Waals surface area contributed by atoms with Crippen LogP contribution in [-0.2, 0) is 9.53 Å². The molecule has 0 bridgehead atoms. The number of rotatable bonds is 10. The molecule has 2 aromatic carbocycles. The first-order valence-corrected chi connectivity index (χ1v) is 13.7. The SMILES string of the molecule is COC(=O)Nc1ccc(-c2cc([C@H](CCSC)NC(=O)/C=C/c3cc(Cl)ccc3-n3cnnn3)n[nH]c2=O)cc1. The summed E-state index contributed by atoms with van der Waals surface area (Å²) in [5, 5.41) is 24.0. The Balaban J connectivity index is 1.56. The van der Waals surface area contributed by atoms with Gasteiger partial charge in [0.1, 0.15) is 6.33 Å². The molecule has 206 valence electrons. The zero-order valence-corrected chi connectivity index (χ0v) is 23.1. The maximum Gasteiger partial charge on any atom is 0.411 e. The molecule has 2 amide bonds. The standard InChI is InChI=1S/C26H25ClN8O4S/c1-39-26(38)29-19-7-3-16(4-8-19)20-14-22(31-32-25(20)37)21(11-12-40-2)30-24(36)10-5-17-13-18(27)6-9-23(17)35-15-28-33-34-35/h3-10,13-15,21H,11-12H2,1-2H3,(H,29,38)(H,30,36)(H,32,37)/b10-5+/t21-/m0/s1. The highest BCUT2D eigenvalue weighted by Gasteiger charge is 2.18. The van der Waals surface area contributed by atoms with Crippen molar-refractivity contribution in [2.45, 2.75) is 12.5 Å². The second kappa shape index (κ2) is 13.5. The molecule has 4 rings (SSSR count). The molecular formula is C26H25ClN8O4S. The summed E-state index contributed by atoms with van der Waals surface area (Å²) < 4.78 is 6.07. The highest BCUT2D eigenvalue weighted by atomic mass is 35.5. The summed E-state index contributed by atoms with van der Waals surface area (Å²) in [5.74, 6) is 0.387. The molecule has 3 N–H and O–H groups in total. The fraction of sp³-hybridized carbons (Fsp3) is 0.192. The quantitative estimate of drug-likeness (QED) is 0.237. The van der Waals surface area contributed by atoms with Crippen molar-refractivity contribution in [1.29, 1.82) is 0 Å². The second-order valence-electron chi connectivity index (χ2n) is 8.36. The van der Waals surface area contributed by atoms with Crippen LogP contribution in [0.2, 0.25) is 5.02 Å². The maximum absolute atomic E-state index is 13.0. The van der Waals surface area contributed by atoms with Gasteiger partial charge in [-0.05, 0) is 76.9 Å². The van der Waals surface area contributed by atoms with Crippen molar-refractivity contribution in [1.82, 2.24) is 35.7 Å². The van der Waals surface area contributed by atoms with Crippen molar-refractivity contribution in [3.8, 4) is 16.8 Å². The Kier molecular flexibility index (Phi) is 9.65. The summed E-state index contributed by atoms with van der Waals surface area (Å²) >= 11 is 7.80. The van der Waals surface area contributed by atoms with E-state index >= 15 is 0 Å². The zero-order valence-electron chi connectivity index (χ0n) is 21.5. The molecular weight excluding hydrogens is 556 g/mol. The molecule has 12 nitrogen and oxygen atoms in total. The number of benzene rings is 2. The Bertz CT molecular complexity index is 1560. The number of halogens is 1. The topological polar surface area (TPSA) is 157 Å². The van der Waals surface area contributed by atoms with Crippen LogP contribution in [0.1, 0.15) is 23.7 Å². The Morgan fingerprint density at radius 3 is 2.70 bits per heavy atom. The molecule has 0 fully saturated rings. The van der Waals surface area contributed by atoms with Crippen molar-refractivity contribution >= 4 is 47.1 Å². The van der Waals surface area contributed by atoms with Crippen LogP contribution in [0.5, 0.6) is 0 Å². The number of carbonyl (C=O) groups excluding carboxylic acids is 2. The fourth-order valence-corrected chi connectivity index (χ4v) is 4.42. The van der Waals surface area contributed by atoms with Gasteiger partial charge < -0.3 is 10.1 Å². The van der Waals surface area contributed by atoms with E-state index in [0.29, 0.717) is 45.2 Å². The predicted octanol–water partition coefficient (Wildman–Crippen LogP) is 3.87. The van der Waals surface area contributed by atoms with E-state index in [1.54, 1.807) is 66.4 Å². The molecule has 0 unspecified atom stereocenters. The molecule has 40 heavy (non-hydrogen) atoms. The molecule has 0 saturated heterocycles. The number of nitrogens with one attached hydrogen (secondary N) is 3. The molecule has 2 heterocycles. The number of aromatic nitrogens is 6. The largest absolute Gasteiger partial charge is 0.453 e. The highest BCUT2D eigenvalue weighted by Crippen LogP contribution is 2.24. The van der Waals surface area contributed by atoms with E-state index in [2.05, 4.69) is 41.1 Å². The Morgan fingerprint density at radius 2 is 2.00 bits per heavy atom. The molecule has 2 aromatic heterocycles. The minimum absolute atomic E-state index is 0.360. The normalized spacial score (nSPS) is 11.8. The monoisotopic (exact) mass is 580 g/mol. The van der Waals surface area contributed by atoms with Crippen LogP contribution in [0.25, 0.3) is 22.9 Å². The van der Waals surface area contributed by atoms with Crippen LogP contribution in [0.4, 0.5) is 10.5 Å². The summed E-state index contributed by atoms with van der Waals surface area (Å²) in [6.07, 6.45) is 6.41. The number of nitrogens with zero attached hydrogens (tertiary/aromatic N) is 5. The summed E-state index contributed by atoms with van der Waals surface area (Å²) in [7, 11) is 1.27. The smallest absolute Gasteiger partial charge is 0.411 e. The second-order valence-corrected chi connectivity index (χ2v) is 9.79. The van der Waals surface area contributed by atoms with Gasteiger partial charge in [-0.15, -0.1) is 5.10 Å². The van der Waals surface area contributed by atoms with Crippen molar-refractivity contribution < 1.29 is 14.3 Å². The lowest BCUT2D eigenvalue weighted by molar-refractivity contribution is -0.117. The molecule has 0 spiro atoms. The van der Waals surface area contributed by atoms with Crippen LogP contribution < -0.4 is 16.2 Å². The lowest BCUT2D eigenvalue weighted by Gasteiger charge is -2.17. The van der Waals surface area contributed by atoms with Crippen LogP contribution in [0.15, 0.2) is 65.7 Å². The van der Waals surface area contributed by atoms with Gasteiger partial charge in [0.05, 0.1) is 30.1 Å². The van der Waals surface area contributed by atoms with E-state index in [4.69, 9.17) is 11.6 Å². The molecule has 1 atom stereocenters. The first-order valence-electron chi connectivity index (χ1n) is 11.9. The number of hydrogen-bond acceptors (Lipinski definition) is 9. The first-order chi connectivity index (χ1) is 19.4. The molecule has 0 aliphatic carbocycles. The van der Waals surface area contributed by atoms with Gasteiger partial charge in [-0.3, -0.25) is 14.9 Å².